The highest BCUT2D eigenvalue weighted by Gasteiger charge is 2.19. The first-order valence-electron chi connectivity index (χ1n) is 8.62. The second kappa shape index (κ2) is 14.3. The normalized spacial score (nSPS) is 9.10. The molecule has 0 amide bonds. The van der Waals surface area contributed by atoms with Gasteiger partial charge in [0.2, 0.25) is 0 Å². The average molecular weight is 499 g/mol. The van der Waals surface area contributed by atoms with Crippen LogP contribution in [0.5, 0.6) is 5.75 Å². The first-order chi connectivity index (χ1) is 14.4. The van der Waals surface area contributed by atoms with Gasteiger partial charge in [0.25, 0.3) is 0 Å². The zero-order chi connectivity index (χ0) is 23.3. The van der Waals surface area contributed by atoms with Crippen LogP contribution < -0.4 is 10.5 Å². The van der Waals surface area contributed by atoms with Crippen LogP contribution in [0, 0.1) is 28.8 Å². The van der Waals surface area contributed by atoms with Gasteiger partial charge in [-0.05, 0) is 45.8 Å². The molecule has 0 saturated carbocycles. The number of ether oxygens (including phenoxy) is 1. The predicted octanol–water partition coefficient (Wildman–Crippen LogP) is 6.13. The summed E-state index contributed by atoms with van der Waals surface area (Å²) in [6, 6.07) is 10.7. The summed E-state index contributed by atoms with van der Waals surface area (Å²) in [6.07, 6.45) is 9.01. The second-order valence-corrected chi connectivity index (χ2v) is 6.25. The molecule has 0 aliphatic heterocycles. The predicted molar refractivity (Wildman–Crippen MR) is 123 cm³/mol. The molecule has 2 aromatic carbocycles. The van der Waals surface area contributed by atoms with E-state index in [9.17, 15) is 14.5 Å². The molecule has 0 bridgehead atoms. The van der Waals surface area contributed by atoms with Crippen LogP contribution >= 0.6 is 27.5 Å². The Bertz CT molecular complexity index is 960. The van der Waals surface area contributed by atoms with Crippen LogP contribution in [0.25, 0.3) is 10.9 Å². The minimum absolute atomic E-state index is 0.0507. The lowest BCUT2D eigenvalue weighted by atomic mass is 10.2. The Morgan fingerprint density at radius 2 is 1.80 bits per heavy atom. The molecule has 0 radical (unpaired) electrons. The molecule has 1 aromatic heterocycles. The van der Waals surface area contributed by atoms with Crippen molar-refractivity contribution in [1.29, 1.82) is 0 Å². The number of hydrogen-bond donors (Lipinski definition) is 1. The van der Waals surface area contributed by atoms with Crippen molar-refractivity contribution < 1.29 is 14.1 Å². The number of methoxy groups -OCH3 is 1. The molecule has 1 heterocycles. The van der Waals surface area contributed by atoms with Crippen LogP contribution in [0.1, 0.15) is 19.4 Å². The number of rotatable bonds is 3. The highest BCUT2D eigenvalue weighted by Crippen LogP contribution is 2.34. The number of nitrogens with two attached hydrogens (primary N) is 1. The van der Waals surface area contributed by atoms with Gasteiger partial charge in [0.05, 0.1) is 27.4 Å². The van der Waals surface area contributed by atoms with E-state index in [1.807, 2.05) is 38.1 Å². The molecule has 0 unspecified atom stereocenters. The third-order valence-corrected chi connectivity index (χ3v) is 4.43. The quantitative estimate of drug-likeness (QED) is 0.266. The molecule has 3 rings (SSSR count). The molecule has 2 N–H and O–H groups in total. The van der Waals surface area contributed by atoms with Gasteiger partial charge in [0, 0.05) is 6.54 Å². The summed E-state index contributed by atoms with van der Waals surface area (Å²) >= 11 is 8.75. The standard InChI is InChI=1S/C9H3BrClFN2O2.C8H11NO.C2H6.C2H2/c10-4-1-2-5-7(9(4)12)8(11)6(3-13-5)14(15)16;1-10-8-4-2-7(6-9)3-5-8;2*1-2/h1-3H;2-5H,6,9H2,1H3;1-2H3;1-2H. The summed E-state index contributed by atoms with van der Waals surface area (Å²) in [7, 11) is 1.65. The molecular formula is C21H22BrClFN3O3. The maximum atomic E-state index is 13.7. The van der Waals surface area contributed by atoms with Crippen molar-refractivity contribution in [2.75, 3.05) is 7.11 Å². The lowest BCUT2D eigenvalue weighted by Crippen LogP contribution is -1.95. The second-order valence-electron chi connectivity index (χ2n) is 5.02. The SMILES string of the molecule is C#C.CC.COc1ccc(CN)cc1.O=[N+]([O-])c1cnc2ccc(Br)c(F)c2c1Cl. The fourth-order valence-electron chi connectivity index (χ4n) is 2.06. The van der Waals surface area contributed by atoms with Crippen LogP contribution in [0.3, 0.4) is 0 Å². The van der Waals surface area contributed by atoms with Crippen molar-refractivity contribution in [2.45, 2.75) is 20.4 Å². The number of fused-ring (bicyclic) bond motifs is 1. The van der Waals surface area contributed by atoms with E-state index in [0.29, 0.717) is 6.54 Å². The first-order valence-corrected chi connectivity index (χ1v) is 9.79. The number of pyridine rings is 1. The van der Waals surface area contributed by atoms with Gasteiger partial charge >= 0.3 is 5.69 Å². The van der Waals surface area contributed by atoms with E-state index < -0.39 is 16.4 Å². The third-order valence-electron chi connectivity index (χ3n) is 3.43. The first kappa shape index (κ1) is 27.3. The Labute approximate surface area is 188 Å². The van der Waals surface area contributed by atoms with E-state index in [1.54, 1.807) is 7.11 Å². The highest BCUT2D eigenvalue weighted by atomic mass is 79.9. The van der Waals surface area contributed by atoms with Crippen molar-refractivity contribution in [3.63, 3.8) is 0 Å². The summed E-state index contributed by atoms with van der Waals surface area (Å²) in [5, 5.41) is 10.3. The van der Waals surface area contributed by atoms with Crippen molar-refractivity contribution in [3.8, 4) is 18.6 Å². The Hall–Kier alpha value is -2.73. The molecule has 160 valence electrons. The maximum Gasteiger partial charge on any atom is 0.306 e. The molecule has 0 atom stereocenters. The zero-order valence-corrected chi connectivity index (χ0v) is 19.1. The number of nitro groups is 1. The summed E-state index contributed by atoms with van der Waals surface area (Å²) in [6.45, 7) is 4.59. The number of terminal acetylenes is 1. The number of benzene rings is 2. The fraction of sp³-hybridized carbons (Fsp3) is 0.190. The Kier molecular flexibility index (Phi) is 13.0. The van der Waals surface area contributed by atoms with Gasteiger partial charge in [0.15, 0.2) is 0 Å². The van der Waals surface area contributed by atoms with E-state index >= 15 is 0 Å². The highest BCUT2D eigenvalue weighted by molar-refractivity contribution is 9.10. The molecule has 6 nitrogen and oxygen atoms in total. The number of halogens is 3. The van der Waals surface area contributed by atoms with E-state index in [2.05, 4.69) is 33.8 Å². The largest absolute Gasteiger partial charge is 0.497 e. The molecule has 0 saturated heterocycles. The maximum absolute atomic E-state index is 13.7. The molecule has 3 aromatic rings. The minimum atomic E-state index is -0.699. The smallest absolute Gasteiger partial charge is 0.306 e. The van der Waals surface area contributed by atoms with Crippen LogP contribution in [0.15, 0.2) is 47.1 Å². The van der Waals surface area contributed by atoms with Gasteiger partial charge in [-0.15, -0.1) is 12.8 Å². The fourth-order valence-corrected chi connectivity index (χ4v) is 2.69. The lowest BCUT2D eigenvalue weighted by Gasteiger charge is -2.03. The molecular weight excluding hydrogens is 477 g/mol. The summed E-state index contributed by atoms with van der Waals surface area (Å²) < 4.78 is 18.9. The molecule has 9 heteroatoms. The van der Waals surface area contributed by atoms with E-state index in [0.717, 1.165) is 17.5 Å². The van der Waals surface area contributed by atoms with Crippen molar-refractivity contribution in [2.24, 2.45) is 5.73 Å². The lowest BCUT2D eigenvalue weighted by molar-refractivity contribution is -0.384. The Morgan fingerprint density at radius 1 is 1.23 bits per heavy atom. The van der Waals surface area contributed by atoms with Gasteiger partial charge in [-0.1, -0.05) is 37.6 Å². The Morgan fingerprint density at radius 3 is 2.27 bits per heavy atom. The van der Waals surface area contributed by atoms with Crippen LogP contribution in [-0.4, -0.2) is 17.0 Å². The topological polar surface area (TPSA) is 91.3 Å². The molecule has 30 heavy (non-hydrogen) atoms. The van der Waals surface area contributed by atoms with Gasteiger partial charge in [-0.3, -0.25) is 10.1 Å². The number of nitrogens with zero attached hydrogens (tertiary/aromatic N) is 2. The van der Waals surface area contributed by atoms with Crippen LogP contribution in [0.4, 0.5) is 10.1 Å². The summed E-state index contributed by atoms with van der Waals surface area (Å²) in [5.74, 6) is 0.218. The van der Waals surface area contributed by atoms with Gasteiger partial charge in [-0.2, -0.15) is 0 Å². The number of aromatic nitrogens is 1. The van der Waals surface area contributed by atoms with E-state index in [4.69, 9.17) is 22.1 Å². The summed E-state index contributed by atoms with van der Waals surface area (Å²) in [5.41, 5.74) is 6.39. The van der Waals surface area contributed by atoms with Gasteiger partial charge in [0.1, 0.15) is 22.8 Å². The molecule has 0 aliphatic carbocycles. The van der Waals surface area contributed by atoms with Gasteiger partial charge in [-0.25, -0.2) is 9.37 Å². The van der Waals surface area contributed by atoms with Crippen molar-refractivity contribution in [1.82, 2.24) is 4.98 Å². The van der Waals surface area contributed by atoms with Crippen LogP contribution in [-0.2, 0) is 6.54 Å². The monoisotopic (exact) mass is 497 g/mol. The summed E-state index contributed by atoms with van der Waals surface area (Å²) in [4.78, 5) is 13.7. The molecule has 0 spiro atoms. The van der Waals surface area contributed by atoms with Crippen molar-refractivity contribution >= 4 is 44.1 Å². The average Bonchev–Trinajstić information content (AvgIpc) is 2.79. The third kappa shape index (κ3) is 7.26. The van der Waals surface area contributed by atoms with E-state index in [-0.39, 0.29) is 20.4 Å². The van der Waals surface area contributed by atoms with Crippen molar-refractivity contribution in [3.05, 3.63) is 73.6 Å². The zero-order valence-electron chi connectivity index (χ0n) is 16.7. The van der Waals surface area contributed by atoms with E-state index in [1.165, 1.54) is 12.1 Å². The Balaban J connectivity index is 0.000000518. The minimum Gasteiger partial charge on any atom is -0.497 e. The van der Waals surface area contributed by atoms with Crippen LogP contribution in [0.2, 0.25) is 5.02 Å². The molecule has 0 aliphatic rings. The van der Waals surface area contributed by atoms with Gasteiger partial charge < -0.3 is 10.5 Å². The number of hydrogen-bond acceptors (Lipinski definition) is 5. The molecule has 0 fully saturated rings.